The summed E-state index contributed by atoms with van der Waals surface area (Å²) in [6, 6.07) is 0.514. The average Bonchev–Trinajstić information content (AvgIpc) is 2.33. The van der Waals surface area contributed by atoms with E-state index < -0.39 is 20.6 Å². The van der Waals surface area contributed by atoms with Crippen LogP contribution in [0.4, 0.5) is 0 Å². The van der Waals surface area contributed by atoms with Crippen molar-refractivity contribution in [3.8, 4) is 0 Å². The van der Waals surface area contributed by atoms with Crippen molar-refractivity contribution in [1.82, 2.24) is 0 Å². The second kappa shape index (κ2) is 7.98. The Morgan fingerprint density at radius 3 is 1.94 bits per heavy atom. The van der Waals surface area contributed by atoms with Gasteiger partial charge < -0.3 is 24.7 Å². The van der Waals surface area contributed by atoms with E-state index in [1.807, 2.05) is 0 Å². The minimum atomic E-state index is -2.65. The van der Waals surface area contributed by atoms with Crippen LogP contribution in [0.5, 0.6) is 0 Å². The van der Waals surface area contributed by atoms with Gasteiger partial charge in [-0.05, 0) is 12.8 Å². The molecule has 0 heterocycles. The summed E-state index contributed by atoms with van der Waals surface area (Å²) in [6.07, 6.45) is 1.91. The SMILES string of the molecule is CO[Si](CCC/C(=C/C(N)=O)C(N)=O)(OC)OC. The van der Waals surface area contributed by atoms with E-state index >= 15 is 0 Å². The maximum Gasteiger partial charge on any atom is 0.500 e. The predicted octanol–water partition coefficient (Wildman–Crippen LogP) is -0.458. The molecule has 0 atom stereocenters. The lowest BCUT2D eigenvalue weighted by atomic mass is 10.1. The van der Waals surface area contributed by atoms with Gasteiger partial charge in [0.25, 0.3) is 0 Å². The standard InChI is InChI=1S/C10H20N2O5Si/c1-15-18(16-2,17-3)6-4-5-8(10(12)14)7-9(11)13/h7H,4-6H2,1-3H3,(H2,11,13)(H2,12,14)/b8-7-. The Hall–Kier alpha value is -1.22. The van der Waals surface area contributed by atoms with E-state index in [-0.39, 0.29) is 5.57 Å². The van der Waals surface area contributed by atoms with Crippen molar-refractivity contribution in [3.05, 3.63) is 11.6 Å². The summed E-state index contributed by atoms with van der Waals surface area (Å²) in [5.41, 5.74) is 10.3. The van der Waals surface area contributed by atoms with Crippen molar-refractivity contribution in [2.45, 2.75) is 18.9 Å². The molecule has 0 saturated carbocycles. The second-order valence-corrected chi connectivity index (χ2v) is 6.68. The summed E-state index contributed by atoms with van der Waals surface area (Å²) in [6.45, 7) is 0. The van der Waals surface area contributed by atoms with E-state index in [0.717, 1.165) is 6.08 Å². The zero-order valence-electron chi connectivity index (χ0n) is 10.9. The summed E-state index contributed by atoms with van der Waals surface area (Å²) in [5.74, 6) is -1.36. The van der Waals surface area contributed by atoms with Crippen LogP contribution in [0.3, 0.4) is 0 Å². The van der Waals surface area contributed by atoms with Crippen LogP contribution >= 0.6 is 0 Å². The molecule has 4 N–H and O–H groups in total. The zero-order chi connectivity index (χ0) is 14.2. The van der Waals surface area contributed by atoms with Gasteiger partial charge >= 0.3 is 8.80 Å². The van der Waals surface area contributed by atoms with Crippen LogP contribution < -0.4 is 11.5 Å². The lowest BCUT2D eigenvalue weighted by molar-refractivity contribution is -0.116. The number of rotatable bonds is 9. The zero-order valence-corrected chi connectivity index (χ0v) is 11.9. The second-order valence-electron chi connectivity index (χ2n) is 3.59. The highest BCUT2D eigenvalue weighted by Gasteiger charge is 2.36. The number of carbonyl (C=O) groups excluding carboxylic acids is 2. The maximum absolute atomic E-state index is 11.1. The van der Waals surface area contributed by atoms with Gasteiger partial charge in [0.15, 0.2) is 0 Å². The Morgan fingerprint density at radius 2 is 1.61 bits per heavy atom. The largest absolute Gasteiger partial charge is 0.500 e. The Balaban J connectivity index is 4.47. The Labute approximate surface area is 107 Å². The molecule has 0 unspecified atom stereocenters. The maximum atomic E-state index is 11.1. The van der Waals surface area contributed by atoms with Crippen molar-refractivity contribution >= 4 is 20.6 Å². The van der Waals surface area contributed by atoms with Crippen LogP contribution in [-0.2, 0) is 22.9 Å². The number of hydrogen-bond donors (Lipinski definition) is 2. The van der Waals surface area contributed by atoms with Crippen molar-refractivity contribution in [1.29, 1.82) is 0 Å². The first kappa shape index (κ1) is 16.8. The predicted molar refractivity (Wildman–Crippen MR) is 67.3 cm³/mol. The van der Waals surface area contributed by atoms with E-state index in [1.165, 1.54) is 21.3 Å². The van der Waals surface area contributed by atoms with Crippen molar-refractivity contribution in [3.63, 3.8) is 0 Å². The Morgan fingerprint density at radius 1 is 1.11 bits per heavy atom. The summed E-state index contributed by atoms with van der Waals surface area (Å²) in [4.78, 5) is 21.8. The highest BCUT2D eigenvalue weighted by atomic mass is 28.4. The van der Waals surface area contributed by atoms with Gasteiger partial charge in [0.1, 0.15) is 0 Å². The molecule has 7 nitrogen and oxygen atoms in total. The third-order valence-corrected chi connectivity index (χ3v) is 5.33. The van der Waals surface area contributed by atoms with Crippen molar-refractivity contribution in [2.24, 2.45) is 11.5 Å². The molecule has 0 radical (unpaired) electrons. The Kier molecular flexibility index (Phi) is 7.44. The smallest absolute Gasteiger partial charge is 0.377 e. The molecule has 0 saturated heterocycles. The summed E-state index contributed by atoms with van der Waals surface area (Å²) < 4.78 is 15.7. The average molecular weight is 276 g/mol. The highest BCUT2D eigenvalue weighted by molar-refractivity contribution is 6.60. The molecule has 104 valence electrons. The van der Waals surface area contributed by atoms with Gasteiger partial charge in [-0.3, -0.25) is 9.59 Å². The van der Waals surface area contributed by atoms with E-state index in [0.29, 0.717) is 18.9 Å². The van der Waals surface area contributed by atoms with Gasteiger partial charge in [0.05, 0.1) is 0 Å². The first-order valence-electron chi connectivity index (χ1n) is 5.36. The molecule has 0 aromatic carbocycles. The summed E-state index contributed by atoms with van der Waals surface area (Å²) in [5, 5.41) is 0. The molecular formula is C10H20N2O5Si. The fraction of sp³-hybridized carbons (Fsp3) is 0.600. The van der Waals surface area contributed by atoms with Crippen LogP contribution in [0.1, 0.15) is 12.8 Å². The molecule has 18 heavy (non-hydrogen) atoms. The molecule has 0 fully saturated rings. The normalized spacial score (nSPS) is 12.5. The van der Waals surface area contributed by atoms with E-state index in [2.05, 4.69) is 0 Å². The fourth-order valence-corrected chi connectivity index (χ4v) is 3.21. The van der Waals surface area contributed by atoms with Gasteiger partial charge in [-0.25, -0.2) is 0 Å². The number of carbonyl (C=O) groups is 2. The molecule has 0 aliphatic heterocycles. The molecule has 0 aromatic rings. The van der Waals surface area contributed by atoms with Gasteiger partial charge in [0, 0.05) is 39.0 Å². The Bertz CT molecular complexity index is 320. The van der Waals surface area contributed by atoms with Crippen LogP contribution in [0.25, 0.3) is 0 Å². The molecular weight excluding hydrogens is 256 g/mol. The number of primary amides is 2. The van der Waals surface area contributed by atoms with Gasteiger partial charge in [0.2, 0.25) is 11.8 Å². The minimum Gasteiger partial charge on any atom is -0.377 e. The molecule has 2 amide bonds. The van der Waals surface area contributed by atoms with Crippen LogP contribution in [0, 0.1) is 0 Å². The first-order valence-corrected chi connectivity index (χ1v) is 7.29. The first-order chi connectivity index (χ1) is 8.40. The van der Waals surface area contributed by atoms with Gasteiger partial charge in [-0.15, -0.1) is 0 Å². The van der Waals surface area contributed by atoms with Crippen molar-refractivity contribution in [2.75, 3.05) is 21.3 Å². The molecule has 0 aliphatic carbocycles. The lowest BCUT2D eigenvalue weighted by Gasteiger charge is -2.24. The molecule has 8 heteroatoms. The molecule has 0 bridgehead atoms. The molecule has 0 spiro atoms. The quantitative estimate of drug-likeness (QED) is 0.437. The number of nitrogens with two attached hydrogens (primary N) is 2. The summed E-state index contributed by atoms with van der Waals surface area (Å²) in [7, 11) is 1.87. The van der Waals surface area contributed by atoms with Crippen LogP contribution in [0.15, 0.2) is 11.6 Å². The van der Waals surface area contributed by atoms with Gasteiger partial charge in [-0.1, -0.05) is 0 Å². The lowest BCUT2D eigenvalue weighted by Crippen LogP contribution is -2.42. The molecule has 0 rings (SSSR count). The van der Waals surface area contributed by atoms with Crippen molar-refractivity contribution < 1.29 is 22.9 Å². The topological polar surface area (TPSA) is 114 Å². The minimum absolute atomic E-state index is 0.189. The highest BCUT2D eigenvalue weighted by Crippen LogP contribution is 2.18. The third-order valence-electron chi connectivity index (χ3n) is 2.50. The van der Waals surface area contributed by atoms with Gasteiger partial charge in [-0.2, -0.15) is 0 Å². The number of amides is 2. The monoisotopic (exact) mass is 276 g/mol. The molecule has 0 aromatic heterocycles. The fourth-order valence-electron chi connectivity index (χ4n) is 1.49. The van der Waals surface area contributed by atoms with Crippen LogP contribution in [-0.4, -0.2) is 41.9 Å². The van der Waals surface area contributed by atoms with Crippen LogP contribution in [0.2, 0.25) is 6.04 Å². The third kappa shape index (κ3) is 5.41. The van der Waals surface area contributed by atoms with E-state index in [1.54, 1.807) is 0 Å². The molecule has 0 aliphatic rings. The summed E-state index contributed by atoms with van der Waals surface area (Å²) >= 11 is 0. The van der Waals surface area contributed by atoms with E-state index in [9.17, 15) is 9.59 Å². The number of hydrogen-bond acceptors (Lipinski definition) is 5. The van der Waals surface area contributed by atoms with E-state index in [4.69, 9.17) is 24.7 Å².